The lowest BCUT2D eigenvalue weighted by molar-refractivity contribution is 0.250. The third-order valence-corrected chi connectivity index (χ3v) is 9.47. The second-order valence-electron chi connectivity index (χ2n) is 9.36. The van der Waals surface area contributed by atoms with Crippen LogP contribution in [0.4, 0.5) is 0 Å². The molecule has 0 fully saturated rings. The summed E-state index contributed by atoms with van der Waals surface area (Å²) in [6, 6.07) is 21.7. The van der Waals surface area contributed by atoms with Crippen LogP contribution >= 0.6 is 7.51 Å². The van der Waals surface area contributed by atoms with E-state index in [1.54, 1.807) is 0 Å². The number of aliphatic imine (C=N–C) groups is 1. The standard InChI is InChI=1S/C26H38N5P/c1-19(2)30(20(3)4)32(31(21(5)6)22(7)8)28-25(23-15-11-9-12-16-23)27-26(29-32)24-17-13-10-14-18-24/h9-22H,1-8H3. The van der Waals surface area contributed by atoms with Crippen LogP contribution in [-0.2, 0) is 0 Å². The first-order valence-electron chi connectivity index (χ1n) is 11.7. The zero-order valence-electron chi connectivity index (χ0n) is 20.8. The molecule has 0 aromatic heterocycles. The fourth-order valence-corrected chi connectivity index (χ4v) is 8.60. The maximum Gasteiger partial charge on any atom is 0.221 e. The molecule has 2 aromatic rings. The lowest BCUT2D eigenvalue weighted by Gasteiger charge is -2.48. The molecule has 0 saturated carbocycles. The largest absolute Gasteiger partial charge is 0.235 e. The van der Waals surface area contributed by atoms with Crippen LogP contribution in [0.25, 0.3) is 0 Å². The van der Waals surface area contributed by atoms with Gasteiger partial charge in [-0.05, 0) is 55.4 Å². The smallest absolute Gasteiger partial charge is 0.221 e. The average molecular weight is 452 g/mol. The van der Waals surface area contributed by atoms with E-state index in [0.29, 0.717) is 0 Å². The van der Waals surface area contributed by atoms with Gasteiger partial charge in [-0.2, -0.15) is 9.51 Å². The third-order valence-electron chi connectivity index (χ3n) is 5.47. The molecule has 172 valence electrons. The molecule has 0 atom stereocenters. The van der Waals surface area contributed by atoms with Gasteiger partial charge in [0.1, 0.15) is 0 Å². The Morgan fingerprint density at radius 2 is 0.938 bits per heavy atom. The predicted octanol–water partition coefficient (Wildman–Crippen LogP) is 7.08. The fraction of sp³-hybridized carbons (Fsp3) is 0.462. The molecule has 6 heteroatoms. The van der Waals surface area contributed by atoms with Gasteiger partial charge in [-0.1, -0.05) is 60.7 Å². The molecule has 1 aliphatic rings. The normalized spacial score (nSPS) is 16.2. The topological polar surface area (TPSA) is 43.6 Å². The van der Waals surface area contributed by atoms with Gasteiger partial charge in [0.25, 0.3) is 0 Å². The van der Waals surface area contributed by atoms with Gasteiger partial charge in [0.2, 0.25) is 7.51 Å². The van der Waals surface area contributed by atoms with Crippen LogP contribution in [0.15, 0.2) is 75.2 Å². The molecule has 3 rings (SSSR count). The van der Waals surface area contributed by atoms with Crippen molar-refractivity contribution in [1.82, 2.24) is 9.34 Å². The molecule has 0 unspecified atom stereocenters. The molecule has 0 amide bonds. The summed E-state index contributed by atoms with van der Waals surface area (Å²) in [5, 5.41) is 0. The quantitative estimate of drug-likeness (QED) is 0.403. The lowest BCUT2D eigenvalue weighted by atomic mass is 10.2. The van der Waals surface area contributed by atoms with E-state index < -0.39 is 7.51 Å². The van der Waals surface area contributed by atoms with Crippen molar-refractivity contribution in [3.05, 3.63) is 71.8 Å². The molecule has 32 heavy (non-hydrogen) atoms. The summed E-state index contributed by atoms with van der Waals surface area (Å²) in [5.41, 5.74) is 2.06. The maximum absolute atomic E-state index is 5.47. The highest BCUT2D eigenvalue weighted by molar-refractivity contribution is 7.61. The molecule has 0 saturated heterocycles. The molecular formula is C26H38N5P. The minimum atomic E-state index is -2.53. The van der Waals surface area contributed by atoms with Gasteiger partial charge in [0, 0.05) is 35.3 Å². The highest BCUT2D eigenvalue weighted by atomic mass is 31.2. The summed E-state index contributed by atoms with van der Waals surface area (Å²) in [6.07, 6.45) is 0. The van der Waals surface area contributed by atoms with Crippen LogP contribution in [0, 0.1) is 0 Å². The van der Waals surface area contributed by atoms with Crippen LogP contribution in [-0.4, -0.2) is 45.2 Å². The molecule has 1 heterocycles. The van der Waals surface area contributed by atoms with E-state index in [4.69, 9.17) is 14.5 Å². The summed E-state index contributed by atoms with van der Waals surface area (Å²) in [7, 11) is -2.53. The van der Waals surface area contributed by atoms with Gasteiger partial charge >= 0.3 is 0 Å². The number of amidine groups is 2. The van der Waals surface area contributed by atoms with Crippen molar-refractivity contribution in [3.63, 3.8) is 0 Å². The van der Waals surface area contributed by atoms with Crippen LogP contribution in [0.1, 0.15) is 66.5 Å². The van der Waals surface area contributed by atoms with Crippen molar-refractivity contribution in [1.29, 1.82) is 0 Å². The molecule has 1 aliphatic heterocycles. The molecule has 0 radical (unpaired) electrons. The minimum absolute atomic E-state index is 0.281. The van der Waals surface area contributed by atoms with Crippen molar-refractivity contribution in [2.75, 3.05) is 0 Å². The van der Waals surface area contributed by atoms with E-state index in [1.165, 1.54) is 0 Å². The van der Waals surface area contributed by atoms with E-state index in [0.717, 1.165) is 22.8 Å². The van der Waals surface area contributed by atoms with Gasteiger partial charge in [-0.25, -0.2) is 14.3 Å². The number of benzene rings is 2. The Balaban J connectivity index is 2.42. The highest BCUT2D eigenvalue weighted by Gasteiger charge is 2.43. The number of hydrogen-bond acceptors (Lipinski definition) is 5. The van der Waals surface area contributed by atoms with Gasteiger partial charge in [0.05, 0.1) is 0 Å². The monoisotopic (exact) mass is 451 g/mol. The lowest BCUT2D eigenvalue weighted by Crippen LogP contribution is -2.45. The van der Waals surface area contributed by atoms with Crippen LogP contribution in [0.3, 0.4) is 0 Å². The first-order valence-corrected chi connectivity index (χ1v) is 13.3. The van der Waals surface area contributed by atoms with E-state index in [1.807, 2.05) is 36.4 Å². The van der Waals surface area contributed by atoms with Crippen molar-refractivity contribution >= 4 is 19.2 Å². The molecule has 0 spiro atoms. The molecule has 2 aromatic carbocycles. The Morgan fingerprint density at radius 1 is 0.562 bits per heavy atom. The van der Waals surface area contributed by atoms with Crippen LogP contribution < -0.4 is 0 Å². The van der Waals surface area contributed by atoms with Gasteiger partial charge in [-0.15, -0.1) is 0 Å². The van der Waals surface area contributed by atoms with E-state index in [9.17, 15) is 0 Å². The fourth-order valence-electron chi connectivity index (χ4n) is 4.60. The maximum atomic E-state index is 5.47. The van der Waals surface area contributed by atoms with Crippen molar-refractivity contribution in [2.24, 2.45) is 14.5 Å². The molecule has 0 N–H and O–H groups in total. The van der Waals surface area contributed by atoms with Crippen molar-refractivity contribution in [3.8, 4) is 0 Å². The van der Waals surface area contributed by atoms with E-state index in [2.05, 4.69) is 89.0 Å². The molecule has 0 bridgehead atoms. The summed E-state index contributed by atoms with van der Waals surface area (Å²) >= 11 is 0. The SMILES string of the molecule is CC(C)N(C(C)C)P1(N(C(C)C)C(C)C)=NC(c2ccccc2)=NC(c2ccccc2)=N1. The van der Waals surface area contributed by atoms with Crippen molar-refractivity contribution in [2.45, 2.75) is 79.6 Å². The first-order chi connectivity index (χ1) is 15.2. The zero-order valence-corrected chi connectivity index (χ0v) is 21.7. The van der Waals surface area contributed by atoms with Gasteiger partial charge in [-0.3, -0.25) is 0 Å². The average Bonchev–Trinajstić information content (AvgIpc) is 2.73. The number of rotatable bonds is 8. The minimum Gasteiger partial charge on any atom is -0.235 e. The second-order valence-corrected chi connectivity index (χ2v) is 11.8. The highest BCUT2D eigenvalue weighted by Crippen LogP contribution is 2.63. The van der Waals surface area contributed by atoms with Crippen LogP contribution in [0.2, 0.25) is 0 Å². The summed E-state index contributed by atoms with van der Waals surface area (Å²) in [4.78, 5) is 4.99. The van der Waals surface area contributed by atoms with Crippen molar-refractivity contribution < 1.29 is 0 Å². The van der Waals surface area contributed by atoms with E-state index >= 15 is 0 Å². The van der Waals surface area contributed by atoms with Gasteiger partial charge < -0.3 is 0 Å². The van der Waals surface area contributed by atoms with E-state index in [-0.39, 0.29) is 24.2 Å². The summed E-state index contributed by atoms with van der Waals surface area (Å²) in [5.74, 6) is 1.54. The molecular weight excluding hydrogens is 413 g/mol. The predicted molar refractivity (Wildman–Crippen MR) is 140 cm³/mol. The molecule has 5 nitrogen and oxygen atoms in total. The Labute approximate surface area is 194 Å². The summed E-state index contributed by atoms with van der Waals surface area (Å²) < 4.78 is 16.0. The zero-order chi connectivity index (χ0) is 23.5. The van der Waals surface area contributed by atoms with Crippen LogP contribution in [0.5, 0.6) is 0 Å². The Morgan fingerprint density at radius 3 is 1.31 bits per heavy atom. The first kappa shape index (κ1) is 24.6. The second kappa shape index (κ2) is 10.2. The number of hydrogen-bond donors (Lipinski definition) is 0. The molecule has 0 aliphatic carbocycles. The third kappa shape index (κ3) is 4.96. The Kier molecular flexibility index (Phi) is 7.87. The Bertz CT molecular complexity index is 927. The number of nitrogens with zero attached hydrogens (tertiary/aromatic N) is 5. The Hall–Kier alpha value is -2.07. The van der Waals surface area contributed by atoms with Gasteiger partial charge in [0.15, 0.2) is 11.7 Å². The summed E-state index contributed by atoms with van der Waals surface area (Å²) in [6.45, 7) is 18.0.